The van der Waals surface area contributed by atoms with Crippen molar-refractivity contribution in [3.05, 3.63) is 0 Å². The van der Waals surface area contributed by atoms with Gasteiger partial charge >= 0.3 is 0 Å². The van der Waals surface area contributed by atoms with Crippen LogP contribution in [0.15, 0.2) is 4.99 Å². The van der Waals surface area contributed by atoms with Crippen LogP contribution in [0.4, 0.5) is 0 Å². The van der Waals surface area contributed by atoms with Crippen LogP contribution < -0.4 is 5.32 Å². The van der Waals surface area contributed by atoms with Crippen LogP contribution in [0.2, 0.25) is 0 Å². The molecule has 0 unspecified atom stereocenters. The van der Waals surface area contributed by atoms with Gasteiger partial charge in [-0.1, -0.05) is 11.8 Å². The van der Waals surface area contributed by atoms with Crippen molar-refractivity contribution in [1.82, 2.24) is 10.2 Å². The number of amidine groups is 1. The Bertz CT molecular complexity index is 216. The van der Waals surface area contributed by atoms with E-state index in [2.05, 4.69) is 36.1 Å². The monoisotopic (exact) mass is 243 g/mol. The summed E-state index contributed by atoms with van der Waals surface area (Å²) in [4.78, 5) is 6.84. The Morgan fingerprint density at radius 1 is 1.44 bits per heavy atom. The molecule has 1 aliphatic rings. The normalized spacial score (nSPS) is 16.7. The zero-order chi connectivity index (χ0) is 11.8. The Balaban J connectivity index is 1.97. The number of nitrogens with one attached hydrogen (secondary N) is 1. The van der Waals surface area contributed by atoms with Crippen molar-refractivity contribution in [3.63, 3.8) is 0 Å². The molecule has 0 saturated heterocycles. The van der Waals surface area contributed by atoms with Crippen LogP contribution in [0, 0.1) is 0 Å². The molecule has 0 aromatic carbocycles. The Kier molecular flexibility index (Phi) is 6.88. The first-order chi connectivity index (χ1) is 7.70. The van der Waals surface area contributed by atoms with Crippen molar-refractivity contribution in [2.75, 3.05) is 32.4 Å². The Morgan fingerprint density at radius 2 is 2.25 bits per heavy atom. The second-order valence-corrected chi connectivity index (χ2v) is 5.68. The highest BCUT2D eigenvalue weighted by molar-refractivity contribution is 8.13. The highest BCUT2D eigenvalue weighted by Gasteiger charge is 2.05. The van der Waals surface area contributed by atoms with Crippen molar-refractivity contribution in [1.29, 1.82) is 0 Å². The van der Waals surface area contributed by atoms with Gasteiger partial charge in [-0.25, -0.2) is 0 Å². The van der Waals surface area contributed by atoms with Gasteiger partial charge in [0.05, 0.1) is 0 Å². The third-order valence-electron chi connectivity index (χ3n) is 2.89. The summed E-state index contributed by atoms with van der Waals surface area (Å²) in [6.07, 6.45) is 3.73. The van der Waals surface area contributed by atoms with E-state index >= 15 is 0 Å². The second-order valence-electron chi connectivity index (χ2n) is 4.60. The highest BCUT2D eigenvalue weighted by atomic mass is 32.2. The molecule has 0 aromatic heterocycles. The Morgan fingerprint density at radius 3 is 2.88 bits per heavy atom. The molecule has 0 atom stereocenters. The van der Waals surface area contributed by atoms with Crippen LogP contribution in [0.25, 0.3) is 0 Å². The van der Waals surface area contributed by atoms with Gasteiger partial charge in [0.15, 0.2) is 5.17 Å². The van der Waals surface area contributed by atoms with E-state index in [1.807, 2.05) is 11.8 Å². The number of nitrogens with zero attached hydrogens (tertiary/aromatic N) is 2. The van der Waals surface area contributed by atoms with E-state index in [0.717, 1.165) is 18.3 Å². The number of hydrogen-bond donors (Lipinski definition) is 1. The summed E-state index contributed by atoms with van der Waals surface area (Å²) >= 11 is 1.86. The largest absolute Gasteiger partial charge is 0.365 e. The topological polar surface area (TPSA) is 27.6 Å². The molecule has 94 valence electrons. The van der Waals surface area contributed by atoms with Crippen LogP contribution in [0.5, 0.6) is 0 Å². The van der Waals surface area contributed by atoms with Crippen LogP contribution in [0.3, 0.4) is 0 Å². The molecule has 0 aliphatic carbocycles. The maximum absolute atomic E-state index is 4.45. The quantitative estimate of drug-likeness (QED) is 0.725. The van der Waals surface area contributed by atoms with Gasteiger partial charge in [0, 0.05) is 24.9 Å². The maximum Gasteiger partial charge on any atom is 0.156 e. The second kappa shape index (κ2) is 7.96. The van der Waals surface area contributed by atoms with Gasteiger partial charge < -0.3 is 10.2 Å². The fourth-order valence-electron chi connectivity index (χ4n) is 1.51. The van der Waals surface area contributed by atoms with Gasteiger partial charge in [0.2, 0.25) is 0 Å². The lowest BCUT2D eigenvalue weighted by Crippen LogP contribution is -2.28. The molecule has 1 heterocycles. The fourth-order valence-corrected chi connectivity index (χ4v) is 2.36. The van der Waals surface area contributed by atoms with Gasteiger partial charge in [-0.3, -0.25) is 4.99 Å². The van der Waals surface area contributed by atoms with Gasteiger partial charge in [-0.15, -0.1) is 0 Å². The van der Waals surface area contributed by atoms with E-state index < -0.39 is 0 Å². The summed E-state index contributed by atoms with van der Waals surface area (Å²) in [6.45, 7) is 7.75. The molecule has 1 N–H and O–H groups in total. The molecule has 16 heavy (non-hydrogen) atoms. The molecule has 3 nitrogen and oxygen atoms in total. The molecule has 1 rings (SSSR count). The van der Waals surface area contributed by atoms with Crippen LogP contribution >= 0.6 is 11.8 Å². The zero-order valence-electron chi connectivity index (χ0n) is 10.8. The van der Waals surface area contributed by atoms with Crippen LogP contribution in [-0.2, 0) is 0 Å². The van der Waals surface area contributed by atoms with Crippen molar-refractivity contribution in [2.45, 2.75) is 39.2 Å². The number of unbranched alkanes of at least 4 members (excludes halogenated alkanes) is 1. The lowest BCUT2D eigenvalue weighted by molar-refractivity contribution is 0.268. The Labute approximate surface area is 104 Å². The lowest BCUT2D eigenvalue weighted by Gasteiger charge is -2.20. The number of hydrogen-bond acceptors (Lipinski definition) is 4. The minimum Gasteiger partial charge on any atom is -0.365 e. The van der Waals surface area contributed by atoms with E-state index in [4.69, 9.17) is 0 Å². The number of aliphatic imine (C=N–C) groups is 1. The van der Waals surface area contributed by atoms with E-state index in [1.165, 1.54) is 31.6 Å². The summed E-state index contributed by atoms with van der Waals surface area (Å²) in [7, 11) is 2.19. The summed E-state index contributed by atoms with van der Waals surface area (Å²) in [5.41, 5.74) is 0. The zero-order valence-corrected chi connectivity index (χ0v) is 11.6. The molecule has 0 spiro atoms. The van der Waals surface area contributed by atoms with Crippen molar-refractivity contribution >= 4 is 16.9 Å². The van der Waals surface area contributed by atoms with Gasteiger partial charge in [0.1, 0.15) is 0 Å². The average molecular weight is 243 g/mol. The fraction of sp³-hybridized carbons (Fsp3) is 0.917. The summed E-state index contributed by atoms with van der Waals surface area (Å²) in [5, 5.41) is 4.57. The first-order valence-corrected chi connectivity index (χ1v) is 7.30. The van der Waals surface area contributed by atoms with E-state index in [9.17, 15) is 0 Å². The maximum atomic E-state index is 4.45. The lowest BCUT2D eigenvalue weighted by atomic mass is 10.2. The molecule has 0 radical (unpaired) electrons. The number of thioether (sulfide) groups is 1. The van der Waals surface area contributed by atoms with E-state index in [1.54, 1.807) is 0 Å². The standard InChI is InChI=1S/C12H25N3S/c1-11(2)15(3)9-5-4-7-13-12-14-8-6-10-16-12/h11H,4-10H2,1-3H3,(H,13,14). The molecule has 0 aromatic rings. The van der Waals surface area contributed by atoms with Gasteiger partial charge in [-0.05, 0) is 46.7 Å². The first-order valence-electron chi connectivity index (χ1n) is 6.31. The molecule has 1 aliphatic heterocycles. The molecular weight excluding hydrogens is 218 g/mol. The van der Waals surface area contributed by atoms with Gasteiger partial charge in [0.25, 0.3) is 0 Å². The van der Waals surface area contributed by atoms with Crippen molar-refractivity contribution in [3.8, 4) is 0 Å². The molecular formula is C12H25N3S. The predicted molar refractivity (Wildman–Crippen MR) is 74.4 cm³/mol. The minimum atomic E-state index is 0.659. The van der Waals surface area contributed by atoms with Gasteiger partial charge in [-0.2, -0.15) is 0 Å². The third kappa shape index (κ3) is 5.75. The van der Waals surface area contributed by atoms with E-state index in [-0.39, 0.29) is 0 Å². The molecule has 0 saturated carbocycles. The summed E-state index contributed by atoms with van der Waals surface area (Å²) in [6, 6.07) is 0.659. The molecule has 4 heteroatoms. The van der Waals surface area contributed by atoms with Crippen molar-refractivity contribution in [2.24, 2.45) is 4.99 Å². The van der Waals surface area contributed by atoms with Crippen molar-refractivity contribution < 1.29 is 0 Å². The SMILES string of the molecule is CC(C)N(C)CCCCNC1=NCCCS1. The summed E-state index contributed by atoms with van der Waals surface area (Å²) < 4.78 is 0. The molecule has 0 fully saturated rings. The Hall–Kier alpha value is -0.220. The average Bonchev–Trinajstić information content (AvgIpc) is 2.29. The first kappa shape index (κ1) is 13.8. The molecule has 0 amide bonds. The minimum absolute atomic E-state index is 0.659. The number of rotatable bonds is 6. The highest BCUT2D eigenvalue weighted by Crippen LogP contribution is 2.10. The summed E-state index contributed by atoms with van der Waals surface area (Å²) in [5.74, 6) is 1.22. The smallest absolute Gasteiger partial charge is 0.156 e. The van der Waals surface area contributed by atoms with E-state index in [0.29, 0.717) is 6.04 Å². The van der Waals surface area contributed by atoms with Crippen LogP contribution in [-0.4, -0.2) is 48.5 Å². The predicted octanol–water partition coefficient (Wildman–Crippen LogP) is 2.19. The van der Waals surface area contributed by atoms with Crippen LogP contribution in [0.1, 0.15) is 33.1 Å². The molecule has 0 bridgehead atoms. The third-order valence-corrected chi connectivity index (χ3v) is 3.93.